The minimum atomic E-state index is -0.691. The Morgan fingerprint density at radius 1 is 1.69 bits per heavy atom. The fourth-order valence-corrected chi connectivity index (χ4v) is 2.14. The summed E-state index contributed by atoms with van der Waals surface area (Å²) in [5.41, 5.74) is -0.657. The second-order valence-corrected chi connectivity index (χ2v) is 4.12. The van der Waals surface area contributed by atoms with Crippen LogP contribution in [0, 0.1) is 0 Å². The van der Waals surface area contributed by atoms with E-state index in [9.17, 15) is 4.79 Å². The average molecular weight is 185 g/mol. The van der Waals surface area contributed by atoms with Gasteiger partial charge in [-0.05, 0) is 39.7 Å². The lowest BCUT2D eigenvalue weighted by Crippen LogP contribution is -2.53. The molecule has 0 spiro atoms. The number of nitrogens with zero attached hydrogens (tertiary/aromatic N) is 1. The normalized spacial score (nSPS) is 28.7. The predicted octanol–water partition coefficient (Wildman–Crippen LogP) is 1.72. The zero-order chi connectivity index (χ0) is 10.1. The molecular weight excluding hydrogens is 166 g/mol. The summed E-state index contributed by atoms with van der Waals surface area (Å²) >= 11 is 0. The van der Waals surface area contributed by atoms with Crippen molar-refractivity contribution in [1.82, 2.24) is 4.90 Å². The Morgan fingerprint density at radius 3 is 2.62 bits per heavy atom. The summed E-state index contributed by atoms with van der Waals surface area (Å²) < 4.78 is 0. The van der Waals surface area contributed by atoms with Gasteiger partial charge >= 0.3 is 5.97 Å². The second kappa shape index (κ2) is 3.66. The highest BCUT2D eigenvalue weighted by molar-refractivity contribution is 5.78. The lowest BCUT2D eigenvalue weighted by molar-refractivity contribution is -0.151. The van der Waals surface area contributed by atoms with E-state index in [-0.39, 0.29) is 0 Å². The molecule has 0 aromatic rings. The van der Waals surface area contributed by atoms with Crippen molar-refractivity contribution in [2.75, 3.05) is 6.54 Å². The maximum absolute atomic E-state index is 11.1. The lowest BCUT2D eigenvalue weighted by Gasteiger charge is -2.37. The number of likely N-dealkylation sites (tertiary alicyclic amines) is 1. The van der Waals surface area contributed by atoms with E-state index in [1.54, 1.807) is 0 Å². The van der Waals surface area contributed by atoms with E-state index in [1.165, 1.54) is 0 Å². The molecule has 1 saturated heterocycles. The third-order valence-electron chi connectivity index (χ3n) is 3.34. The Kier molecular flexibility index (Phi) is 2.96. The average Bonchev–Trinajstić information content (AvgIpc) is 2.50. The third kappa shape index (κ3) is 1.70. The molecular formula is C10H19NO2. The van der Waals surface area contributed by atoms with Gasteiger partial charge in [0.2, 0.25) is 0 Å². The third-order valence-corrected chi connectivity index (χ3v) is 3.34. The number of carboxylic acid groups (broad SMARTS) is 1. The van der Waals surface area contributed by atoms with Crippen LogP contribution in [0.1, 0.15) is 40.0 Å². The fourth-order valence-electron chi connectivity index (χ4n) is 2.14. The van der Waals surface area contributed by atoms with E-state index in [0.29, 0.717) is 12.5 Å². The van der Waals surface area contributed by atoms with E-state index < -0.39 is 11.5 Å². The van der Waals surface area contributed by atoms with Gasteiger partial charge in [0, 0.05) is 6.04 Å². The number of aliphatic carboxylic acids is 1. The van der Waals surface area contributed by atoms with E-state index >= 15 is 0 Å². The Bertz CT molecular complexity index is 205. The minimum Gasteiger partial charge on any atom is -0.480 e. The first-order valence-electron chi connectivity index (χ1n) is 5.02. The van der Waals surface area contributed by atoms with E-state index in [0.717, 1.165) is 19.4 Å². The SMILES string of the molecule is CCC(C)(C(=O)O)N1CCCC1C. The molecule has 0 radical (unpaired) electrons. The monoisotopic (exact) mass is 185 g/mol. The van der Waals surface area contributed by atoms with Crippen LogP contribution < -0.4 is 0 Å². The van der Waals surface area contributed by atoms with Gasteiger partial charge in [0.05, 0.1) is 0 Å². The summed E-state index contributed by atoms with van der Waals surface area (Å²) in [6, 6.07) is 0.418. The minimum absolute atomic E-state index is 0.418. The van der Waals surface area contributed by atoms with Crippen LogP contribution in [0.3, 0.4) is 0 Å². The molecule has 3 heteroatoms. The Morgan fingerprint density at radius 2 is 2.31 bits per heavy atom. The molecule has 76 valence electrons. The molecule has 1 fully saturated rings. The molecule has 0 aromatic heterocycles. The predicted molar refractivity (Wildman–Crippen MR) is 51.7 cm³/mol. The molecule has 0 aliphatic carbocycles. The van der Waals surface area contributed by atoms with Gasteiger partial charge in [0.25, 0.3) is 0 Å². The summed E-state index contributed by atoms with van der Waals surface area (Å²) in [6.07, 6.45) is 2.93. The second-order valence-electron chi connectivity index (χ2n) is 4.12. The zero-order valence-corrected chi connectivity index (χ0v) is 8.71. The van der Waals surface area contributed by atoms with Crippen LogP contribution in [-0.2, 0) is 4.79 Å². The van der Waals surface area contributed by atoms with Crippen molar-refractivity contribution in [1.29, 1.82) is 0 Å². The standard InChI is InChI=1S/C10H19NO2/c1-4-10(3,9(12)13)11-7-5-6-8(11)2/h8H,4-7H2,1-3H3,(H,12,13). The Labute approximate surface area is 79.7 Å². The Hall–Kier alpha value is -0.570. The highest BCUT2D eigenvalue weighted by atomic mass is 16.4. The molecule has 0 aromatic carbocycles. The summed E-state index contributed by atoms with van der Waals surface area (Å²) in [5, 5.41) is 9.17. The fraction of sp³-hybridized carbons (Fsp3) is 0.900. The van der Waals surface area contributed by atoms with Crippen molar-refractivity contribution in [3.63, 3.8) is 0 Å². The summed E-state index contributed by atoms with van der Waals surface area (Å²) in [7, 11) is 0. The molecule has 1 heterocycles. The first-order valence-corrected chi connectivity index (χ1v) is 5.02. The largest absolute Gasteiger partial charge is 0.480 e. The van der Waals surface area contributed by atoms with Crippen molar-refractivity contribution in [2.24, 2.45) is 0 Å². The van der Waals surface area contributed by atoms with Gasteiger partial charge in [0.15, 0.2) is 0 Å². The molecule has 13 heavy (non-hydrogen) atoms. The highest BCUT2D eigenvalue weighted by Crippen LogP contribution is 2.29. The molecule has 1 N–H and O–H groups in total. The van der Waals surface area contributed by atoms with Crippen molar-refractivity contribution in [3.05, 3.63) is 0 Å². The molecule has 3 nitrogen and oxygen atoms in total. The van der Waals surface area contributed by atoms with Crippen LogP contribution in [0.25, 0.3) is 0 Å². The summed E-state index contributed by atoms with van der Waals surface area (Å²) in [5.74, 6) is -0.691. The molecule has 1 aliphatic heterocycles. The van der Waals surface area contributed by atoms with E-state index in [1.807, 2.05) is 13.8 Å². The van der Waals surface area contributed by atoms with Gasteiger partial charge < -0.3 is 5.11 Å². The van der Waals surface area contributed by atoms with Crippen LogP contribution in [-0.4, -0.2) is 34.1 Å². The van der Waals surface area contributed by atoms with Crippen molar-refractivity contribution in [3.8, 4) is 0 Å². The zero-order valence-electron chi connectivity index (χ0n) is 8.71. The maximum atomic E-state index is 11.1. The van der Waals surface area contributed by atoms with Crippen LogP contribution in [0.4, 0.5) is 0 Å². The van der Waals surface area contributed by atoms with Gasteiger partial charge in [-0.2, -0.15) is 0 Å². The molecule has 1 rings (SSSR count). The van der Waals surface area contributed by atoms with E-state index in [4.69, 9.17) is 5.11 Å². The van der Waals surface area contributed by atoms with Crippen LogP contribution in [0.2, 0.25) is 0 Å². The molecule has 2 atom stereocenters. The van der Waals surface area contributed by atoms with Crippen LogP contribution >= 0.6 is 0 Å². The van der Waals surface area contributed by atoms with Gasteiger partial charge in [-0.3, -0.25) is 9.69 Å². The number of rotatable bonds is 3. The number of carboxylic acids is 1. The van der Waals surface area contributed by atoms with Crippen molar-refractivity contribution in [2.45, 2.75) is 51.6 Å². The maximum Gasteiger partial charge on any atom is 0.323 e. The van der Waals surface area contributed by atoms with Gasteiger partial charge in [0.1, 0.15) is 5.54 Å². The van der Waals surface area contributed by atoms with Gasteiger partial charge in [-0.1, -0.05) is 6.92 Å². The molecule has 0 saturated carbocycles. The van der Waals surface area contributed by atoms with Gasteiger partial charge in [-0.25, -0.2) is 0 Å². The van der Waals surface area contributed by atoms with Gasteiger partial charge in [-0.15, -0.1) is 0 Å². The number of carbonyl (C=O) groups is 1. The number of hydrogen-bond donors (Lipinski definition) is 1. The first kappa shape index (κ1) is 10.5. The summed E-state index contributed by atoms with van der Waals surface area (Å²) in [6.45, 7) is 6.82. The molecule has 1 aliphatic rings. The van der Waals surface area contributed by atoms with Crippen molar-refractivity contribution >= 4 is 5.97 Å². The highest BCUT2D eigenvalue weighted by Gasteiger charge is 2.41. The first-order chi connectivity index (χ1) is 6.02. The quantitative estimate of drug-likeness (QED) is 0.728. The van der Waals surface area contributed by atoms with Crippen molar-refractivity contribution < 1.29 is 9.90 Å². The summed E-state index contributed by atoms with van der Waals surface area (Å²) in [4.78, 5) is 13.3. The topological polar surface area (TPSA) is 40.5 Å². The number of hydrogen-bond acceptors (Lipinski definition) is 2. The molecule has 0 amide bonds. The molecule has 2 unspecified atom stereocenters. The lowest BCUT2D eigenvalue weighted by atomic mass is 9.96. The van der Waals surface area contributed by atoms with E-state index in [2.05, 4.69) is 11.8 Å². The smallest absolute Gasteiger partial charge is 0.323 e. The Balaban J connectivity index is 2.81. The van der Waals surface area contributed by atoms with Crippen LogP contribution in [0.15, 0.2) is 0 Å². The molecule has 0 bridgehead atoms. The van der Waals surface area contributed by atoms with Crippen LogP contribution in [0.5, 0.6) is 0 Å².